The summed E-state index contributed by atoms with van der Waals surface area (Å²) in [6.07, 6.45) is -0.670. The minimum atomic E-state index is -0.670. The zero-order chi connectivity index (χ0) is 14.0. The van der Waals surface area contributed by atoms with Crippen LogP contribution in [0.5, 0.6) is 0 Å². The molecule has 2 aromatic rings. The van der Waals surface area contributed by atoms with Crippen LogP contribution in [-0.2, 0) is 0 Å². The van der Waals surface area contributed by atoms with Crippen LogP contribution in [0.4, 0.5) is 0 Å². The molecule has 1 aromatic heterocycles. The van der Waals surface area contributed by atoms with Gasteiger partial charge in [0.1, 0.15) is 0 Å². The van der Waals surface area contributed by atoms with Gasteiger partial charge in [0.2, 0.25) is 0 Å². The molecular formula is C14H17ClN2OS. The smallest absolute Gasteiger partial charge is 0.0981 e. The number of nitrogens with two attached hydrogens (primary N) is 1. The highest BCUT2D eigenvalue weighted by molar-refractivity contribution is 7.11. The summed E-state index contributed by atoms with van der Waals surface area (Å²) in [5.41, 5.74) is 7.58. The fourth-order valence-corrected chi connectivity index (χ4v) is 3.46. The highest BCUT2D eigenvalue weighted by atomic mass is 35.5. The summed E-state index contributed by atoms with van der Waals surface area (Å²) >= 11 is 7.70. The van der Waals surface area contributed by atoms with E-state index in [2.05, 4.69) is 4.98 Å². The maximum absolute atomic E-state index is 10.6. The number of aromatic nitrogens is 1. The lowest BCUT2D eigenvalue weighted by Gasteiger charge is -2.22. The fourth-order valence-electron chi connectivity index (χ4n) is 2.21. The molecule has 3 N–H and O–H groups in total. The lowest BCUT2D eigenvalue weighted by atomic mass is 9.92. The zero-order valence-electron chi connectivity index (χ0n) is 10.9. The average molecular weight is 297 g/mol. The second-order valence-electron chi connectivity index (χ2n) is 4.49. The van der Waals surface area contributed by atoms with Crippen LogP contribution in [0, 0.1) is 13.8 Å². The SMILES string of the molecule is Cc1nc(C)c(C(O)C(CN)c2ccccc2Cl)s1. The van der Waals surface area contributed by atoms with Crippen molar-refractivity contribution >= 4 is 22.9 Å². The number of aliphatic hydroxyl groups is 1. The molecule has 0 radical (unpaired) electrons. The van der Waals surface area contributed by atoms with E-state index >= 15 is 0 Å². The largest absolute Gasteiger partial charge is 0.387 e. The van der Waals surface area contributed by atoms with Gasteiger partial charge in [0.25, 0.3) is 0 Å². The standard InChI is InChI=1S/C14H17ClN2OS/c1-8-14(19-9(2)17-8)13(18)11(7-16)10-5-3-4-6-12(10)15/h3-6,11,13,18H,7,16H2,1-2H3. The van der Waals surface area contributed by atoms with Crippen LogP contribution < -0.4 is 5.73 Å². The van der Waals surface area contributed by atoms with Crippen molar-refractivity contribution in [3.63, 3.8) is 0 Å². The van der Waals surface area contributed by atoms with Gasteiger partial charge in [-0.25, -0.2) is 4.98 Å². The van der Waals surface area contributed by atoms with E-state index in [0.29, 0.717) is 11.6 Å². The van der Waals surface area contributed by atoms with Crippen LogP contribution in [0.3, 0.4) is 0 Å². The van der Waals surface area contributed by atoms with Gasteiger partial charge in [-0.15, -0.1) is 11.3 Å². The maximum Gasteiger partial charge on any atom is 0.0981 e. The van der Waals surface area contributed by atoms with Crippen molar-refractivity contribution in [2.24, 2.45) is 5.73 Å². The van der Waals surface area contributed by atoms with Gasteiger partial charge in [-0.05, 0) is 25.5 Å². The van der Waals surface area contributed by atoms with E-state index in [4.69, 9.17) is 17.3 Å². The van der Waals surface area contributed by atoms with Crippen LogP contribution in [-0.4, -0.2) is 16.6 Å². The van der Waals surface area contributed by atoms with Crippen molar-refractivity contribution in [1.29, 1.82) is 0 Å². The van der Waals surface area contributed by atoms with Crippen LogP contribution in [0.15, 0.2) is 24.3 Å². The van der Waals surface area contributed by atoms with Gasteiger partial charge in [-0.1, -0.05) is 29.8 Å². The van der Waals surface area contributed by atoms with Gasteiger partial charge >= 0.3 is 0 Å². The summed E-state index contributed by atoms with van der Waals surface area (Å²) in [7, 11) is 0. The number of benzene rings is 1. The van der Waals surface area contributed by atoms with E-state index < -0.39 is 6.10 Å². The molecule has 102 valence electrons. The third-order valence-electron chi connectivity index (χ3n) is 3.15. The van der Waals surface area contributed by atoms with Crippen LogP contribution in [0.2, 0.25) is 5.02 Å². The Kier molecular flexibility index (Phi) is 4.58. The predicted octanol–water partition coefficient (Wildman–Crippen LogP) is 3.19. The zero-order valence-corrected chi connectivity index (χ0v) is 12.5. The number of halogens is 1. The molecule has 0 aliphatic carbocycles. The molecule has 0 saturated carbocycles. The molecule has 0 fully saturated rings. The van der Waals surface area contributed by atoms with E-state index in [1.165, 1.54) is 11.3 Å². The fraction of sp³-hybridized carbons (Fsp3) is 0.357. The first-order chi connectivity index (χ1) is 9.04. The van der Waals surface area contributed by atoms with E-state index in [-0.39, 0.29) is 5.92 Å². The number of nitrogens with zero attached hydrogens (tertiary/aromatic N) is 1. The van der Waals surface area contributed by atoms with E-state index in [9.17, 15) is 5.11 Å². The Hall–Kier alpha value is -0.940. The number of thiazole rings is 1. The molecule has 2 rings (SSSR count). The molecule has 5 heteroatoms. The van der Waals surface area contributed by atoms with Gasteiger partial charge in [0.15, 0.2) is 0 Å². The first kappa shape index (κ1) is 14.5. The van der Waals surface area contributed by atoms with Gasteiger partial charge in [0.05, 0.1) is 21.7 Å². The first-order valence-electron chi connectivity index (χ1n) is 6.11. The van der Waals surface area contributed by atoms with Crippen LogP contribution in [0.25, 0.3) is 0 Å². The van der Waals surface area contributed by atoms with E-state index in [1.807, 2.05) is 38.1 Å². The number of rotatable bonds is 4. The molecule has 0 amide bonds. The minimum absolute atomic E-state index is 0.216. The molecule has 0 aliphatic rings. The molecule has 0 spiro atoms. The third kappa shape index (κ3) is 2.98. The topological polar surface area (TPSA) is 59.1 Å². The molecule has 19 heavy (non-hydrogen) atoms. The van der Waals surface area contributed by atoms with Crippen molar-refractivity contribution < 1.29 is 5.11 Å². The minimum Gasteiger partial charge on any atom is -0.387 e. The molecule has 0 bridgehead atoms. The third-order valence-corrected chi connectivity index (χ3v) is 4.64. The molecule has 0 aliphatic heterocycles. The van der Waals surface area contributed by atoms with Crippen molar-refractivity contribution in [1.82, 2.24) is 4.98 Å². The van der Waals surface area contributed by atoms with Crippen molar-refractivity contribution in [3.05, 3.63) is 50.4 Å². The lowest BCUT2D eigenvalue weighted by Crippen LogP contribution is -2.20. The highest BCUT2D eigenvalue weighted by Crippen LogP contribution is 2.37. The Balaban J connectivity index is 2.37. The number of hydrogen-bond donors (Lipinski definition) is 2. The number of aryl methyl sites for hydroxylation is 2. The predicted molar refractivity (Wildman–Crippen MR) is 79.8 cm³/mol. The van der Waals surface area contributed by atoms with Crippen molar-refractivity contribution in [2.45, 2.75) is 25.9 Å². The summed E-state index contributed by atoms with van der Waals surface area (Å²) in [4.78, 5) is 5.22. The van der Waals surface area contributed by atoms with Crippen LogP contribution in [0.1, 0.15) is 33.2 Å². The summed E-state index contributed by atoms with van der Waals surface area (Å²) in [6, 6.07) is 7.50. The Morgan fingerprint density at radius 2 is 2.05 bits per heavy atom. The quantitative estimate of drug-likeness (QED) is 0.911. The van der Waals surface area contributed by atoms with Gasteiger partial charge < -0.3 is 10.8 Å². The number of hydrogen-bond acceptors (Lipinski definition) is 4. The summed E-state index contributed by atoms with van der Waals surface area (Å²) in [5, 5.41) is 12.2. The Morgan fingerprint density at radius 3 is 2.58 bits per heavy atom. The molecule has 1 aromatic carbocycles. The Labute approximate surface area is 122 Å². The monoisotopic (exact) mass is 296 g/mol. The molecule has 2 unspecified atom stereocenters. The lowest BCUT2D eigenvalue weighted by molar-refractivity contribution is 0.150. The van der Waals surface area contributed by atoms with Gasteiger partial charge in [-0.2, -0.15) is 0 Å². The number of aliphatic hydroxyl groups excluding tert-OH is 1. The van der Waals surface area contributed by atoms with Gasteiger partial charge in [-0.3, -0.25) is 0 Å². The van der Waals surface area contributed by atoms with Crippen LogP contribution >= 0.6 is 22.9 Å². The Bertz CT molecular complexity index is 570. The average Bonchev–Trinajstić information content (AvgIpc) is 2.71. The summed E-state index contributed by atoms with van der Waals surface area (Å²) in [5.74, 6) is -0.216. The van der Waals surface area contributed by atoms with Gasteiger partial charge in [0, 0.05) is 17.5 Å². The first-order valence-corrected chi connectivity index (χ1v) is 7.30. The molecule has 2 atom stereocenters. The van der Waals surface area contributed by atoms with Crippen molar-refractivity contribution in [2.75, 3.05) is 6.54 Å². The second-order valence-corrected chi connectivity index (χ2v) is 6.13. The highest BCUT2D eigenvalue weighted by Gasteiger charge is 2.26. The molecule has 1 heterocycles. The molecule has 0 saturated heterocycles. The van der Waals surface area contributed by atoms with Crippen molar-refractivity contribution in [3.8, 4) is 0 Å². The normalized spacial score (nSPS) is 14.4. The molecule has 3 nitrogen and oxygen atoms in total. The van der Waals surface area contributed by atoms with E-state index in [1.54, 1.807) is 0 Å². The Morgan fingerprint density at radius 1 is 1.37 bits per heavy atom. The second kappa shape index (κ2) is 6.01. The summed E-state index contributed by atoms with van der Waals surface area (Å²) in [6.45, 7) is 4.17. The molecular weight excluding hydrogens is 280 g/mol. The summed E-state index contributed by atoms with van der Waals surface area (Å²) < 4.78 is 0. The van der Waals surface area contributed by atoms with E-state index in [0.717, 1.165) is 21.1 Å². The maximum atomic E-state index is 10.6.